The Hall–Kier alpha value is -1.36. The van der Waals surface area contributed by atoms with Crippen LogP contribution < -0.4 is 0 Å². The van der Waals surface area contributed by atoms with E-state index in [2.05, 4.69) is 24.7 Å². The van der Waals surface area contributed by atoms with Crippen molar-refractivity contribution in [2.24, 2.45) is 0 Å². The highest BCUT2D eigenvalue weighted by molar-refractivity contribution is 4.92. The molecule has 0 atom stereocenters. The van der Waals surface area contributed by atoms with E-state index < -0.39 is 0 Å². The van der Waals surface area contributed by atoms with Crippen molar-refractivity contribution in [3.05, 3.63) is 7.43 Å². The van der Waals surface area contributed by atoms with Crippen LogP contribution in [0.5, 0.6) is 0 Å². The average molecular weight is 316 g/mol. The van der Waals surface area contributed by atoms with E-state index in [0.29, 0.717) is 24.1 Å². The summed E-state index contributed by atoms with van der Waals surface area (Å²) in [5.74, 6) is 8.23. The Kier molecular flexibility index (Phi) is 17.7. The standard InChI is InChI=1S/C21H34N.CH3/c1-5-9-10-11-12-13-14-15-16-17-21-22(18-6-2,19-7-3)20-8-4;/h2-4H,5,9-21H2,1H3;1H3/q+1;-1. The maximum atomic E-state index is 5.49. The normalized spacial score (nSPS) is 10.2. The van der Waals surface area contributed by atoms with Crippen molar-refractivity contribution < 1.29 is 4.48 Å². The van der Waals surface area contributed by atoms with Crippen LogP contribution in [-0.2, 0) is 0 Å². The third-order valence-corrected chi connectivity index (χ3v) is 4.27. The zero-order valence-electron chi connectivity index (χ0n) is 15.6. The van der Waals surface area contributed by atoms with Crippen LogP contribution in [0.15, 0.2) is 0 Å². The predicted octanol–water partition coefficient (Wildman–Crippen LogP) is 5.07. The zero-order valence-corrected chi connectivity index (χ0v) is 15.6. The number of nitrogens with zero attached hydrogens (tertiary/aromatic N) is 1. The molecule has 0 aliphatic carbocycles. The van der Waals surface area contributed by atoms with Crippen LogP contribution >= 0.6 is 0 Å². The molecule has 0 heterocycles. The van der Waals surface area contributed by atoms with E-state index in [0.717, 1.165) is 6.54 Å². The first-order valence-corrected chi connectivity index (χ1v) is 8.90. The molecule has 0 bridgehead atoms. The van der Waals surface area contributed by atoms with Gasteiger partial charge in [0.2, 0.25) is 0 Å². The van der Waals surface area contributed by atoms with Gasteiger partial charge in [-0.2, -0.15) is 0 Å². The van der Waals surface area contributed by atoms with Crippen molar-refractivity contribution >= 4 is 0 Å². The Labute approximate surface area is 146 Å². The molecule has 0 aromatic heterocycles. The minimum atomic E-state index is 0. The molecule has 1 nitrogen and oxygen atoms in total. The number of unbranched alkanes of at least 4 members (excludes halogenated alkanes) is 9. The molecule has 0 amide bonds. The average Bonchev–Trinajstić information content (AvgIpc) is 2.50. The van der Waals surface area contributed by atoms with Gasteiger partial charge in [0.15, 0.2) is 0 Å². The van der Waals surface area contributed by atoms with Gasteiger partial charge in [0, 0.05) is 0 Å². The topological polar surface area (TPSA) is 0 Å². The first-order valence-electron chi connectivity index (χ1n) is 8.90. The Morgan fingerprint density at radius 1 is 0.609 bits per heavy atom. The van der Waals surface area contributed by atoms with Gasteiger partial charge in [-0.1, -0.05) is 58.3 Å². The van der Waals surface area contributed by atoms with Crippen molar-refractivity contribution in [1.29, 1.82) is 0 Å². The molecule has 0 saturated carbocycles. The van der Waals surface area contributed by atoms with Gasteiger partial charge in [-0.05, 0) is 30.6 Å². The van der Waals surface area contributed by atoms with Crippen molar-refractivity contribution in [2.45, 2.75) is 71.1 Å². The van der Waals surface area contributed by atoms with Gasteiger partial charge < -0.3 is 7.43 Å². The highest BCUT2D eigenvalue weighted by Crippen LogP contribution is 2.13. The van der Waals surface area contributed by atoms with Crippen LogP contribution in [0.3, 0.4) is 0 Å². The van der Waals surface area contributed by atoms with Crippen LogP contribution in [0.4, 0.5) is 0 Å². The summed E-state index contributed by atoms with van der Waals surface area (Å²) < 4.78 is 0.695. The molecule has 0 aliphatic heterocycles. The second-order valence-corrected chi connectivity index (χ2v) is 6.33. The van der Waals surface area contributed by atoms with Crippen molar-refractivity contribution in [1.82, 2.24) is 0 Å². The largest absolute Gasteiger partial charge is 0.358 e. The Morgan fingerprint density at radius 3 is 1.30 bits per heavy atom. The van der Waals surface area contributed by atoms with Gasteiger partial charge in [-0.3, -0.25) is 4.48 Å². The van der Waals surface area contributed by atoms with Crippen molar-refractivity contribution in [3.63, 3.8) is 0 Å². The van der Waals surface area contributed by atoms with Crippen molar-refractivity contribution in [2.75, 3.05) is 26.2 Å². The number of rotatable bonds is 14. The molecule has 0 aliphatic rings. The summed E-state index contributed by atoms with van der Waals surface area (Å²) in [6.07, 6.45) is 29.9. The highest BCUT2D eigenvalue weighted by atomic mass is 15.3. The summed E-state index contributed by atoms with van der Waals surface area (Å²) >= 11 is 0. The Balaban J connectivity index is 0. The summed E-state index contributed by atoms with van der Waals surface area (Å²) in [6.45, 7) is 5.21. The molecular formula is C22H37N. The number of hydrogen-bond acceptors (Lipinski definition) is 0. The van der Waals surface area contributed by atoms with E-state index in [9.17, 15) is 0 Å². The molecule has 130 valence electrons. The quantitative estimate of drug-likeness (QED) is 0.182. The molecular weight excluding hydrogens is 278 g/mol. The summed E-state index contributed by atoms with van der Waals surface area (Å²) in [7, 11) is 0. The molecule has 0 aromatic rings. The smallest absolute Gasteiger partial charge is 0.142 e. The first-order chi connectivity index (χ1) is 10.7. The number of terminal acetylenes is 3. The maximum Gasteiger partial charge on any atom is 0.142 e. The summed E-state index contributed by atoms with van der Waals surface area (Å²) in [5.41, 5.74) is 0. The lowest BCUT2D eigenvalue weighted by Crippen LogP contribution is -2.49. The van der Waals surface area contributed by atoms with Gasteiger partial charge in [0.05, 0.1) is 6.54 Å². The molecule has 0 aromatic carbocycles. The van der Waals surface area contributed by atoms with Gasteiger partial charge in [-0.15, -0.1) is 19.3 Å². The fourth-order valence-electron chi connectivity index (χ4n) is 2.92. The van der Waals surface area contributed by atoms with Crippen molar-refractivity contribution in [3.8, 4) is 37.0 Å². The molecule has 0 rings (SSSR count). The van der Waals surface area contributed by atoms with E-state index in [1.807, 2.05) is 0 Å². The zero-order chi connectivity index (χ0) is 16.5. The number of quaternary nitrogens is 1. The third kappa shape index (κ3) is 12.8. The highest BCUT2D eigenvalue weighted by Gasteiger charge is 2.23. The predicted molar refractivity (Wildman–Crippen MR) is 104 cm³/mol. The molecule has 0 fully saturated rings. The first kappa shape index (κ1) is 23.9. The maximum absolute atomic E-state index is 5.49. The summed E-state index contributed by atoms with van der Waals surface area (Å²) in [5, 5.41) is 0. The molecule has 0 unspecified atom stereocenters. The minimum absolute atomic E-state index is 0. The molecule has 0 N–H and O–H groups in total. The van der Waals surface area contributed by atoms with Crippen LogP contribution in [0, 0.1) is 44.5 Å². The van der Waals surface area contributed by atoms with Gasteiger partial charge in [0.1, 0.15) is 19.6 Å². The summed E-state index contributed by atoms with van der Waals surface area (Å²) in [4.78, 5) is 0. The SMILES string of the molecule is C#CC[N+](CC#C)(CC#C)CCCCCCCCCCCC.[CH3-]. The Bertz CT molecular complexity index is 333. The van der Waals surface area contributed by atoms with Crippen LogP contribution in [0.1, 0.15) is 71.1 Å². The molecule has 0 saturated heterocycles. The lowest BCUT2D eigenvalue weighted by Gasteiger charge is -2.33. The van der Waals surface area contributed by atoms with E-state index in [1.54, 1.807) is 0 Å². The lowest BCUT2D eigenvalue weighted by molar-refractivity contribution is -0.908. The third-order valence-electron chi connectivity index (χ3n) is 4.27. The van der Waals surface area contributed by atoms with Crippen LogP contribution in [0.2, 0.25) is 0 Å². The fraction of sp³-hybridized carbons (Fsp3) is 0.682. The van der Waals surface area contributed by atoms with Crippen LogP contribution in [-0.4, -0.2) is 30.7 Å². The molecule has 23 heavy (non-hydrogen) atoms. The Morgan fingerprint density at radius 2 is 0.957 bits per heavy atom. The van der Waals surface area contributed by atoms with E-state index in [-0.39, 0.29) is 7.43 Å². The summed E-state index contributed by atoms with van der Waals surface area (Å²) in [6, 6.07) is 0. The monoisotopic (exact) mass is 315 g/mol. The van der Waals surface area contributed by atoms with E-state index >= 15 is 0 Å². The van der Waals surface area contributed by atoms with Crippen LogP contribution in [0.25, 0.3) is 0 Å². The van der Waals surface area contributed by atoms with E-state index in [1.165, 1.54) is 64.2 Å². The molecule has 0 radical (unpaired) electrons. The van der Waals surface area contributed by atoms with Gasteiger partial charge in [-0.25, -0.2) is 0 Å². The second-order valence-electron chi connectivity index (χ2n) is 6.33. The fourth-order valence-corrected chi connectivity index (χ4v) is 2.92. The number of hydrogen-bond donors (Lipinski definition) is 0. The second kappa shape index (κ2) is 17.0. The molecule has 0 spiro atoms. The lowest BCUT2D eigenvalue weighted by atomic mass is 10.1. The molecule has 1 heteroatoms. The van der Waals surface area contributed by atoms with E-state index in [4.69, 9.17) is 19.3 Å². The van der Waals surface area contributed by atoms with Gasteiger partial charge in [0.25, 0.3) is 0 Å². The van der Waals surface area contributed by atoms with Gasteiger partial charge >= 0.3 is 0 Å². The minimum Gasteiger partial charge on any atom is -0.358 e.